The molecule has 0 aromatic heterocycles. The minimum Gasteiger partial charge on any atom is -0.394 e. The van der Waals surface area contributed by atoms with Crippen LogP contribution in [0.25, 0.3) is 0 Å². The van der Waals surface area contributed by atoms with Gasteiger partial charge in [0.25, 0.3) is 0 Å². The number of hydrogen-bond donors (Lipinski definition) is 1. The van der Waals surface area contributed by atoms with Crippen molar-refractivity contribution >= 4 is 0 Å². The maximum absolute atomic E-state index is 8.62. The highest BCUT2D eigenvalue weighted by molar-refractivity contribution is 5.25. The smallest absolute Gasteiger partial charge is 0.0698 e. The molecule has 0 spiro atoms. The van der Waals surface area contributed by atoms with Crippen LogP contribution in [-0.4, -0.2) is 42.9 Å². The SMILES string of the molecule is CCN(CCOCCO)Cc1ccccc1C. The number of aliphatic hydroxyl groups excluding tert-OH is 1. The van der Waals surface area contributed by atoms with Crippen LogP contribution in [0.3, 0.4) is 0 Å². The van der Waals surface area contributed by atoms with E-state index in [9.17, 15) is 0 Å². The van der Waals surface area contributed by atoms with Crippen molar-refractivity contribution in [3.8, 4) is 0 Å². The largest absolute Gasteiger partial charge is 0.394 e. The highest BCUT2D eigenvalue weighted by atomic mass is 16.5. The Hall–Kier alpha value is -0.900. The van der Waals surface area contributed by atoms with E-state index < -0.39 is 0 Å². The third kappa shape index (κ3) is 5.31. The lowest BCUT2D eigenvalue weighted by Gasteiger charge is -2.21. The van der Waals surface area contributed by atoms with Crippen molar-refractivity contribution in [3.63, 3.8) is 0 Å². The highest BCUT2D eigenvalue weighted by Crippen LogP contribution is 2.09. The van der Waals surface area contributed by atoms with Gasteiger partial charge in [0.15, 0.2) is 0 Å². The van der Waals surface area contributed by atoms with Gasteiger partial charge in [0.2, 0.25) is 0 Å². The van der Waals surface area contributed by atoms with Crippen molar-refractivity contribution in [1.29, 1.82) is 0 Å². The van der Waals surface area contributed by atoms with Crippen LogP contribution in [0.15, 0.2) is 24.3 Å². The maximum atomic E-state index is 8.62. The summed E-state index contributed by atoms with van der Waals surface area (Å²) in [6.45, 7) is 8.40. The summed E-state index contributed by atoms with van der Waals surface area (Å²) >= 11 is 0. The van der Waals surface area contributed by atoms with E-state index in [1.807, 2.05) is 0 Å². The lowest BCUT2D eigenvalue weighted by molar-refractivity contribution is 0.0732. The van der Waals surface area contributed by atoms with E-state index in [0.29, 0.717) is 13.2 Å². The molecule has 1 rings (SSSR count). The summed E-state index contributed by atoms with van der Waals surface area (Å²) in [5.74, 6) is 0. The molecule has 17 heavy (non-hydrogen) atoms. The molecule has 0 atom stereocenters. The molecule has 0 saturated heterocycles. The minimum absolute atomic E-state index is 0.101. The Kier molecular flexibility index (Phi) is 6.86. The van der Waals surface area contributed by atoms with Gasteiger partial charge >= 0.3 is 0 Å². The molecule has 0 heterocycles. The fraction of sp³-hybridized carbons (Fsp3) is 0.571. The number of nitrogens with zero attached hydrogens (tertiary/aromatic N) is 1. The third-order valence-electron chi connectivity index (χ3n) is 2.89. The maximum Gasteiger partial charge on any atom is 0.0698 e. The van der Waals surface area contributed by atoms with Gasteiger partial charge in [-0.05, 0) is 24.6 Å². The molecule has 0 radical (unpaired) electrons. The molecule has 1 N–H and O–H groups in total. The second-order valence-electron chi connectivity index (χ2n) is 4.13. The molecule has 0 aliphatic rings. The Morgan fingerprint density at radius 3 is 2.65 bits per heavy atom. The third-order valence-corrected chi connectivity index (χ3v) is 2.89. The zero-order chi connectivity index (χ0) is 12.5. The van der Waals surface area contributed by atoms with Crippen LogP contribution in [0.2, 0.25) is 0 Å². The van der Waals surface area contributed by atoms with E-state index in [1.54, 1.807) is 0 Å². The second-order valence-corrected chi connectivity index (χ2v) is 4.13. The number of ether oxygens (including phenoxy) is 1. The summed E-state index contributed by atoms with van der Waals surface area (Å²) in [5.41, 5.74) is 2.71. The average Bonchev–Trinajstić information content (AvgIpc) is 2.35. The topological polar surface area (TPSA) is 32.7 Å². The molecular formula is C14H23NO2. The molecular weight excluding hydrogens is 214 g/mol. The normalized spacial score (nSPS) is 11.1. The number of rotatable bonds is 8. The Labute approximate surface area is 104 Å². The van der Waals surface area contributed by atoms with E-state index in [-0.39, 0.29) is 6.61 Å². The highest BCUT2D eigenvalue weighted by Gasteiger charge is 2.05. The molecule has 0 aliphatic heterocycles. The molecule has 0 aliphatic carbocycles. The monoisotopic (exact) mass is 237 g/mol. The molecule has 1 aromatic carbocycles. The molecule has 1 aromatic rings. The van der Waals surface area contributed by atoms with Crippen molar-refractivity contribution in [2.24, 2.45) is 0 Å². The van der Waals surface area contributed by atoms with E-state index >= 15 is 0 Å². The van der Waals surface area contributed by atoms with E-state index in [1.165, 1.54) is 11.1 Å². The molecule has 3 heteroatoms. The molecule has 96 valence electrons. The predicted octanol–water partition coefficient (Wildman–Crippen LogP) is 1.83. The van der Waals surface area contributed by atoms with Gasteiger partial charge in [0.05, 0.1) is 19.8 Å². The van der Waals surface area contributed by atoms with Gasteiger partial charge in [0, 0.05) is 13.1 Å². The fourth-order valence-corrected chi connectivity index (χ4v) is 1.74. The standard InChI is InChI=1S/C14H23NO2/c1-3-15(8-10-17-11-9-16)12-14-7-5-4-6-13(14)2/h4-7,16H,3,8-12H2,1-2H3. The van der Waals surface area contributed by atoms with Crippen molar-refractivity contribution in [2.75, 3.05) is 32.9 Å². The molecule has 0 bridgehead atoms. The van der Waals surface area contributed by atoms with Crippen LogP contribution in [-0.2, 0) is 11.3 Å². The second kappa shape index (κ2) is 8.23. The minimum atomic E-state index is 0.101. The van der Waals surface area contributed by atoms with Crippen LogP contribution in [0.4, 0.5) is 0 Å². The van der Waals surface area contributed by atoms with Gasteiger partial charge in [-0.15, -0.1) is 0 Å². The first-order chi connectivity index (χ1) is 8.27. The van der Waals surface area contributed by atoms with Gasteiger partial charge in [-0.1, -0.05) is 31.2 Å². The van der Waals surface area contributed by atoms with Crippen LogP contribution in [0.1, 0.15) is 18.1 Å². The lowest BCUT2D eigenvalue weighted by atomic mass is 10.1. The van der Waals surface area contributed by atoms with Crippen molar-refractivity contribution in [1.82, 2.24) is 4.90 Å². The molecule has 0 saturated carbocycles. The summed E-state index contributed by atoms with van der Waals surface area (Å²) in [6, 6.07) is 8.47. The summed E-state index contributed by atoms with van der Waals surface area (Å²) in [5, 5.41) is 8.62. The summed E-state index contributed by atoms with van der Waals surface area (Å²) in [4.78, 5) is 2.35. The van der Waals surface area contributed by atoms with Gasteiger partial charge in [-0.3, -0.25) is 4.90 Å². The quantitative estimate of drug-likeness (QED) is 0.700. The van der Waals surface area contributed by atoms with Crippen LogP contribution in [0.5, 0.6) is 0 Å². The van der Waals surface area contributed by atoms with Gasteiger partial charge in [-0.25, -0.2) is 0 Å². The van der Waals surface area contributed by atoms with Gasteiger partial charge in [-0.2, -0.15) is 0 Å². The van der Waals surface area contributed by atoms with Crippen LogP contribution >= 0.6 is 0 Å². The fourth-order valence-electron chi connectivity index (χ4n) is 1.74. The number of benzene rings is 1. The number of likely N-dealkylation sites (N-methyl/N-ethyl adjacent to an activating group) is 1. The van der Waals surface area contributed by atoms with Crippen LogP contribution < -0.4 is 0 Å². The summed E-state index contributed by atoms with van der Waals surface area (Å²) in [7, 11) is 0. The Bertz CT molecular complexity index is 315. The Balaban J connectivity index is 2.38. The number of hydrogen-bond acceptors (Lipinski definition) is 3. The Morgan fingerprint density at radius 1 is 1.24 bits per heavy atom. The number of aliphatic hydroxyl groups is 1. The zero-order valence-corrected chi connectivity index (χ0v) is 10.9. The zero-order valence-electron chi connectivity index (χ0n) is 10.9. The van der Waals surface area contributed by atoms with Gasteiger partial charge < -0.3 is 9.84 Å². The van der Waals surface area contributed by atoms with Crippen LogP contribution in [0, 0.1) is 6.92 Å². The van der Waals surface area contributed by atoms with Gasteiger partial charge in [0.1, 0.15) is 0 Å². The van der Waals surface area contributed by atoms with Crippen molar-refractivity contribution < 1.29 is 9.84 Å². The number of aryl methyl sites for hydroxylation is 1. The first kappa shape index (κ1) is 14.2. The van der Waals surface area contributed by atoms with Crippen molar-refractivity contribution in [2.45, 2.75) is 20.4 Å². The first-order valence-corrected chi connectivity index (χ1v) is 6.23. The molecule has 3 nitrogen and oxygen atoms in total. The van der Waals surface area contributed by atoms with E-state index in [4.69, 9.17) is 9.84 Å². The molecule has 0 unspecified atom stereocenters. The lowest BCUT2D eigenvalue weighted by Crippen LogP contribution is -2.27. The first-order valence-electron chi connectivity index (χ1n) is 6.23. The van der Waals surface area contributed by atoms with E-state index in [2.05, 4.69) is 43.0 Å². The molecule has 0 amide bonds. The molecule has 0 fully saturated rings. The summed E-state index contributed by atoms with van der Waals surface area (Å²) < 4.78 is 5.29. The summed E-state index contributed by atoms with van der Waals surface area (Å²) in [6.07, 6.45) is 0. The average molecular weight is 237 g/mol. The van der Waals surface area contributed by atoms with E-state index in [0.717, 1.165) is 19.6 Å². The van der Waals surface area contributed by atoms with Crippen molar-refractivity contribution in [3.05, 3.63) is 35.4 Å². The Morgan fingerprint density at radius 2 is 2.00 bits per heavy atom. The predicted molar refractivity (Wildman–Crippen MR) is 70.0 cm³/mol.